The fraction of sp³-hybridized carbons (Fsp3) is 0.500. The van der Waals surface area contributed by atoms with Gasteiger partial charge in [0.2, 0.25) is 6.08 Å². The highest BCUT2D eigenvalue weighted by Crippen LogP contribution is 2.43. The van der Waals surface area contributed by atoms with Crippen molar-refractivity contribution in [3.8, 4) is 0 Å². The zero-order chi connectivity index (χ0) is 13.6. The molecule has 0 unspecified atom stereocenters. The van der Waals surface area contributed by atoms with E-state index in [2.05, 4.69) is 32.7 Å². The highest BCUT2D eigenvalue weighted by molar-refractivity contribution is 5.77. The molecular weight excluding hydrogens is 250 g/mol. The van der Waals surface area contributed by atoms with Gasteiger partial charge >= 0.3 is 0 Å². The summed E-state index contributed by atoms with van der Waals surface area (Å²) in [6.07, 6.45) is 8.22. The minimum atomic E-state index is -0.334. The van der Waals surface area contributed by atoms with Crippen LogP contribution in [0.15, 0.2) is 23.2 Å². The number of aromatic nitrogens is 2. The van der Waals surface area contributed by atoms with Crippen LogP contribution in [-0.4, -0.2) is 15.6 Å². The van der Waals surface area contributed by atoms with E-state index in [9.17, 15) is 4.79 Å². The Morgan fingerprint density at radius 2 is 2.10 bits per heavy atom. The van der Waals surface area contributed by atoms with Gasteiger partial charge in [0, 0.05) is 13.0 Å². The Balaban J connectivity index is 1.89. The molecule has 20 heavy (non-hydrogen) atoms. The van der Waals surface area contributed by atoms with Gasteiger partial charge in [-0.15, -0.1) is 0 Å². The molecule has 1 aliphatic carbocycles. The summed E-state index contributed by atoms with van der Waals surface area (Å²) >= 11 is 0. The number of isocyanates is 1. The molecule has 0 N–H and O–H groups in total. The van der Waals surface area contributed by atoms with E-state index in [-0.39, 0.29) is 5.54 Å². The lowest BCUT2D eigenvalue weighted by Gasteiger charge is -2.22. The van der Waals surface area contributed by atoms with E-state index in [1.807, 2.05) is 0 Å². The number of aryl methyl sites for hydroxylation is 2. The van der Waals surface area contributed by atoms with Crippen LogP contribution >= 0.6 is 0 Å². The van der Waals surface area contributed by atoms with Gasteiger partial charge in [0.1, 0.15) is 5.82 Å². The summed E-state index contributed by atoms with van der Waals surface area (Å²) in [6, 6.07) is 6.37. The van der Waals surface area contributed by atoms with Crippen LogP contribution in [0.1, 0.15) is 43.5 Å². The van der Waals surface area contributed by atoms with Crippen molar-refractivity contribution in [3.63, 3.8) is 0 Å². The first kappa shape index (κ1) is 11.9. The number of hydrogen-bond acceptors (Lipinski definition) is 3. The first-order chi connectivity index (χ1) is 9.82. The third-order valence-corrected chi connectivity index (χ3v) is 4.84. The summed E-state index contributed by atoms with van der Waals surface area (Å²) in [5.41, 5.74) is 3.08. The maximum absolute atomic E-state index is 10.8. The molecule has 102 valence electrons. The monoisotopic (exact) mass is 267 g/mol. The van der Waals surface area contributed by atoms with Gasteiger partial charge in [-0.2, -0.15) is 4.99 Å². The summed E-state index contributed by atoms with van der Waals surface area (Å²) < 4.78 is 2.31. The second-order valence-corrected chi connectivity index (χ2v) is 5.93. The molecule has 2 aromatic rings. The number of fused-ring (bicyclic) bond motifs is 3. The molecule has 1 fully saturated rings. The van der Waals surface area contributed by atoms with Crippen LogP contribution in [0.5, 0.6) is 0 Å². The number of aliphatic imine (C=N–C) groups is 1. The van der Waals surface area contributed by atoms with E-state index >= 15 is 0 Å². The number of hydrogen-bond donors (Lipinski definition) is 0. The molecule has 2 aliphatic rings. The van der Waals surface area contributed by atoms with Crippen LogP contribution < -0.4 is 0 Å². The molecular formula is C16H17N3O. The summed E-state index contributed by atoms with van der Waals surface area (Å²) in [7, 11) is 0. The topological polar surface area (TPSA) is 47.2 Å². The second-order valence-electron chi connectivity index (χ2n) is 5.93. The lowest BCUT2D eigenvalue weighted by molar-refractivity contribution is 0.456. The predicted molar refractivity (Wildman–Crippen MR) is 76.3 cm³/mol. The maximum Gasteiger partial charge on any atom is 0.235 e. The predicted octanol–water partition coefficient (Wildman–Crippen LogP) is 3.09. The number of nitrogens with zero attached hydrogens (tertiary/aromatic N) is 3. The quantitative estimate of drug-likeness (QED) is 0.620. The van der Waals surface area contributed by atoms with Gasteiger partial charge in [-0.25, -0.2) is 9.78 Å². The molecule has 0 radical (unpaired) electrons. The number of carbonyl (C=O) groups excluding carboxylic acids is 1. The molecule has 1 aromatic carbocycles. The van der Waals surface area contributed by atoms with Gasteiger partial charge in [-0.3, -0.25) is 0 Å². The van der Waals surface area contributed by atoms with E-state index in [0.29, 0.717) is 0 Å². The van der Waals surface area contributed by atoms with Crippen molar-refractivity contribution in [2.75, 3.05) is 0 Å². The standard InChI is InChI=1S/C16H17N3O/c20-11-17-16(7-1-2-8-16)12-5-6-13-14(10-12)19-9-3-4-15(19)18-13/h5-6,10H,1-4,7-9H2. The van der Waals surface area contributed by atoms with Crippen LogP contribution in [0, 0.1) is 0 Å². The molecule has 0 spiro atoms. The zero-order valence-electron chi connectivity index (χ0n) is 11.4. The molecule has 0 saturated heterocycles. The van der Waals surface area contributed by atoms with Crippen molar-refractivity contribution in [1.29, 1.82) is 0 Å². The Bertz CT molecular complexity index is 719. The van der Waals surface area contributed by atoms with Crippen molar-refractivity contribution >= 4 is 17.1 Å². The normalized spacial score (nSPS) is 20.0. The van der Waals surface area contributed by atoms with Gasteiger partial charge in [-0.05, 0) is 37.0 Å². The fourth-order valence-electron chi connectivity index (χ4n) is 3.81. The Morgan fingerprint density at radius 3 is 2.90 bits per heavy atom. The molecule has 1 saturated carbocycles. The molecule has 0 atom stereocenters. The summed E-state index contributed by atoms with van der Waals surface area (Å²) in [5, 5.41) is 0. The molecule has 4 nitrogen and oxygen atoms in total. The maximum atomic E-state index is 10.8. The van der Waals surface area contributed by atoms with Gasteiger partial charge < -0.3 is 4.57 Å². The molecule has 1 aromatic heterocycles. The third-order valence-electron chi connectivity index (χ3n) is 4.84. The number of benzene rings is 1. The Labute approximate surface area is 117 Å². The smallest absolute Gasteiger partial charge is 0.235 e. The lowest BCUT2D eigenvalue weighted by atomic mass is 9.89. The van der Waals surface area contributed by atoms with E-state index < -0.39 is 0 Å². The third kappa shape index (κ3) is 1.58. The van der Waals surface area contributed by atoms with Crippen molar-refractivity contribution in [1.82, 2.24) is 9.55 Å². The highest BCUT2D eigenvalue weighted by atomic mass is 16.1. The summed E-state index contributed by atoms with van der Waals surface area (Å²) in [4.78, 5) is 19.7. The first-order valence-corrected chi connectivity index (χ1v) is 7.41. The van der Waals surface area contributed by atoms with Gasteiger partial charge in [0.15, 0.2) is 0 Å². The Hall–Kier alpha value is -1.93. The molecule has 4 heteroatoms. The van der Waals surface area contributed by atoms with E-state index in [1.165, 1.54) is 17.8 Å². The lowest BCUT2D eigenvalue weighted by Crippen LogP contribution is -2.18. The average molecular weight is 267 g/mol. The fourth-order valence-corrected chi connectivity index (χ4v) is 3.81. The van der Waals surface area contributed by atoms with Crippen LogP contribution in [0.4, 0.5) is 0 Å². The van der Waals surface area contributed by atoms with Crippen LogP contribution in [0.2, 0.25) is 0 Å². The number of rotatable bonds is 2. The number of imidazole rings is 1. The molecule has 0 amide bonds. The minimum absolute atomic E-state index is 0.334. The summed E-state index contributed by atoms with van der Waals surface area (Å²) in [6.45, 7) is 1.05. The first-order valence-electron chi connectivity index (χ1n) is 7.41. The second kappa shape index (κ2) is 4.29. The van der Waals surface area contributed by atoms with Crippen molar-refractivity contribution in [2.24, 2.45) is 4.99 Å². The highest BCUT2D eigenvalue weighted by Gasteiger charge is 2.36. The van der Waals surface area contributed by atoms with Crippen LogP contribution in [0.25, 0.3) is 11.0 Å². The Kier molecular flexibility index (Phi) is 2.54. The molecule has 1 aliphatic heterocycles. The average Bonchev–Trinajstić information content (AvgIpc) is 3.13. The van der Waals surface area contributed by atoms with Gasteiger partial charge in [0.25, 0.3) is 0 Å². The minimum Gasteiger partial charge on any atom is -0.328 e. The molecule has 0 bridgehead atoms. The van der Waals surface area contributed by atoms with E-state index in [4.69, 9.17) is 0 Å². The van der Waals surface area contributed by atoms with E-state index in [1.54, 1.807) is 6.08 Å². The van der Waals surface area contributed by atoms with Gasteiger partial charge in [0.05, 0.1) is 16.6 Å². The Morgan fingerprint density at radius 1 is 1.25 bits per heavy atom. The van der Waals surface area contributed by atoms with Crippen molar-refractivity contribution in [2.45, 2.75) is 50.6 Å². The molecule has 4 rings (SSSR count). The van der Waals surface area contributed by atoms with E-state index in [0.717, 1.165) is 49.7 Å². The van der Waals surface area contributed by atoms with Crippen LogP contribution in [0.3, 0.4) is 0 Å². The van der Waals surface area contributed by atoms with Crippen LogP contribution in [-0.2, 0) is 23.3 Å². The molecule has 2 heterocycles. The van der Waals surface area contributed by atoms with Gasteiger partial charge in [-0.1, -0.05) is 18.9 Å². The van der Waals surface area contributed by atoms with Crippen molar-refractivity contribution in [3.05, 3.63) is 29.6 Å². The largest absolute Gasteiger partial charge is 0.328 e. The SMILES string of the molecule is O=C=NC1(c2ccc3nc4n(c3c2)CCC4)CCCC1. The summed E-state index contributed by atoms with van der Waals surface area (Å²) in [5.74, 6) is 1.19. The van der Waals surface area contributed by atoms with Crippen molar-refractivity contribution < 1.29 is 4.79 Å². The zero-order valence-corrected chi connectivity index (χ0v) is 11.4.